The lowest BCUT2D eigenvalue weighted by molar-refractivity contribution is 0.340. The molecule has 6 nitrogen and oxygen atoms in total. The lowest BCUT2D eigenvalue weighted by Gasteiger charge is -2.08. The normalized spacial score (nSPS) is 10.9. The molecule has 0 bridgehead atoms. The highest BCUT2D eigenvalue weighted by molar-refractivity contribution is 7.97. The van der Waals surface area contributed by atoms with E-state index in [9.17, 15) is 9.59 Å². The number of thiazole rings is 1. The van der Waals surface area contributed by atoms with Gasteiger partial charge in [0.05, 0.1) is 12.3 Å². The van der Waals surface area contributed by atoms with Gasteiger partial charge in [-0.2, -0.15) is 0 Å². The average Bonchev–Trinajstić information content (AvgIpc) is 3.14. The molecule has 27 heavy (non-hydrogen) atoms. The lowest BCUT2D eigenvalue weighted by atomic mass is 10.2. The van der Waals surface area contributed by atoms with Gasteiger partial charge in [0.2, 0.25) is 0 Å². The van der Waals surface area contributed by atoms with Crippen LogP contribution in [0.4, 0.5) is 0 Å². The minimum atomic E-state index is -0.301. The molecule has 142 valence electrons. The Morgan fingerprint density at radius 1 is 1.11 bits per heavy atom. The van der Waals surface area contributed by atoms with Crippen molar-refractivity contribution in [2.75, 3.05) is 6.61 Å². The van der Waals surface area contributed by atoms with E-state index in [1.165, 1.54) is 17.7 Å². The first-order valence-electron chi connectivity index (χ1n) is 8.51. The third-order valence-electron chi connectivity index (χ3n) is 4.09. The second-order valence-corrected chi connectivity index (χ2v) is 7.81. The van der Waals surface area contributed by atoms with Crippen molar-refractivity contribution in [1.29, 1.82) is 0 Å². The molecule has 0 radical (unpaired) electrons. The van der Waals surface area contributed by atoms with Crippen LogP contribution in [-0.2, 0) is 25.6 Å². The minimum Gasteiger partial charge on any atom is -0.494 e. The standard InChI is InChI=1S/C19H21N3O3S2/c1-4-25-16-7-5-13(6-8-16)18-20-14(11-27-18)10-26-12-15-9-17(23)22(3)19(24)21(15)2/h5-9,11H,4,10,12H2,1-3H3. The Labute approximate surface area is 165 Å². The SMILES string of the molecule is CCOc1ccc(-c2nc(CSCc3cc(=O)n(C)c(=O)n3C)cs2)cc1. The fourth-order valence-electron chi connectivity index (χ4n) is 2.54. The van der Waals surface area contributed by atoms with Crippen molar-refractivity contribution in [3.05, 3.63) is 67.9 Å². The van der Waals surface area contributed by atoms with Crippen LogP contribution >= 0.6 is 23.1 Å². The molecule has 2 heterocycles. The molecule has 0 N–H and O–H groups in total. The van der Waals surface area contributed by atoms with Crippen molar-refractivity contribution in [1.82, 2.24) is 14.1 Å². The van der Waals surface area contributed by atoms with Gasteiger partial charge in [-0.3, -0.25) is 13.9 Å². The van der Waals surface area contributed by atoms with E-state index in [4.69, 9.17) is 4.74 Å². The van der Waals surface area contributed by atoms with Crippen LogP contribution in [0.5, 0.6) is 5.75 Å². The highest BCUT2D eigenvalue weighted by Crippen LogP contribution is 2.27. The summed E-state index contributed by atoms with van der Waals surface area (Å²) in [6.07, 6.45) is 0. The van der Waals surface area contributed by atoms with E-state index < -0.39 is 0 Å². The first kappa shape index (κ1) is 19.4. The van der Waals surface area contributed by atoms with E-state index in [2.05, 4.69) is 4.98 Å². The monoisotopic (exact) mass is 403 g/mol. The average molecular weight is 404 g/mol. The van der Waals surface area contributed by atoms with Gasteiger partial charge in [0.15, 0.2) is 0 Å². The molecule has 0 spiro atoms. The van der Waals surface area contributed by atoms with Crippen LogP contribution in [0.15, 0.2) is 45.3 Å². The number of aromatic nitrogens is 3. The van der Waals surface area contributed by atoms with Crippen LogP contribution in [-0.4, -0.2) is 20.7 Å². The molecule has 0 amide bonds. The molecule has 0 saturated carbocycles. The lowest BCUT2D eigenvalue weighted by Crippen LogP contribution is -2.37. The topological polar surface area (TPSA) is 66.1 Å². The fraction of sp³-hybridized carbons (Fsp3) is 0.316. The smallest absolute Gasteiger partial charge is 0.330 e. The highest BCUT2D eigenvalue weighted by atomic mass is 32.2. The number of ether oxygens (including phenoxy) is 1. The van der Waals surface area contributed by atoms with Gasteiger partial charge < -0.3 is 4.74 Å². The summed E-state index contributed by atoms with van der Waals surface area (Å²) in [4.78, 5) is 28.4. The van der Waals surface area contributed by atoms with Gasteiger partial charge in [-0.05, 0) is 31.2 Å². The number of hydrogen-bond acceptors (Lipinski definition) is 6. The van der Waals surface area contributed by atoms with Crippen molar-refractivity contribution in [2.24, 2.45) is 14.1 Å². The predicted molar refractivity (Wildman–Crippen MR) is 111 cm³/mol. The fourth-order valence-corrected chi connectivity index (χ4v) is 4.42. The quantitative estimate of drug-likeness (QED) is 0.607. The summed E-state index contributed by atoms with van der Waals surface area (Å²) in [5.74, 6) is 2.16. The molecule has 0 unspecified atom stereocenters. The molecule has 8 heteroatoms. The van der Waals surface area contributed by atoms with Gasteiger partial charge in [-0.25, -0.2) is 9.78 Å². The third-order valence-corrected chi connectivity index (χ3v) is 6.03. The van der Waals surface area contributed by atoms with Crippen LogP contribution < -0.4 is 16.0 Å². The van der Waals surface area contributed by atoms with E-state index in [1.54, 1.807) is 30.1 Å². The molecule has 0 aliphatic carbocycles. The van der Waals surface area contributed by atoms with E-state index >= 15 is 0 Å². The second-order valence-electron chi connectivity index (χ2n) is 5.97. The molecule has 1 aromatic carbocycles. The number of hydrogen-bond donors (Lipinski definition) is 0. The zero-order chi connectivity index (χ0) is 19.4. The molecular weight excluding hydrogens is 382 g/mol. The number of benzene rings is 1. The summed E-state index contributed by atoms with van der Waals surface area (Å²) in [5.41, 5.74) is 2.19. The maximum atomic E-state index is 12.0. The van der Waals surface area contributed by atoms with Crippen molar-refractivity contribution in [3.8, 4) is 16.3 Å². The van der Waals surface area contributed by atoms with Crippen LogP contribution in [0, 0.1) is 0 Å². The van der Waals surface area contributed by atoms with Crippen molar-refractivity contribution in [3.63, 3.8) is 0 Å². The summed E-state index contributed by atoms with van der Waals surface area (Å²) >= 11 is 3.24. The second kappa shape index (κ2) is 8.58. The molecule has 0 atom stereocenters. The molecule has 0 aliphatic rings. The molecule has 0 fully saturated rings. The third kappa shape index (κ3) is 4.51. The minimum absolute atomic E-state index is 0.278. The zero-order valence-electron chi connectivity index (χ0n) is 15.5. The molecular formula is C19H21N3O3S2. The van der Waals surface area contributed by atoms with Gasteiger partial charge in [-0.15, -0.1) is 23.1 Å². The van der Waals surface area contributed by atoms with E-state index in [-0.39, 0.29) is 11.2 Å². The van der Waals surface area contributed by atoms with E-state index in [1.807, 2.05) is 36.6 Å². The Morgan fingerprint density at radius 2 is 1.85 bits per heavy atom. The Morgan fingerprint density at radius 3 is 2.56 bits per heavy atom. The van der Waals surface area contributed by atoms with Gasteiger partial charge in [0.1, 0.15) is 10.8 Å². The predicted octanol–water partition coefficient (Wildman–Crippen LogP) is 3.04. The van der Waals surface area contributed by atoms with E-state index in [0.717, 1.165) is 38.0 Å². The largest absolute Gasteiger partial charge is 0.494 e. The molecule has 2 aromatic heterocycles. The van der Waals surface area contributed by atoms with Crippen LogP contribution in [0.2, 0.25) is 0 Å². The van der Waals surface area contributed by atoms with Gasteiger partial charge >= 0.3 is 5.69 Å². The van der Waals surface area contributed by atoms with Crippen LogP contribution in [0.25, 0.3) is 10.6 Å². The van der Waals surface area contributed by atoms with E-state index in [0.29, 0.717) is 12.4 Å². The summed E-state index contributed by atoms with van der Waals surface area (Å²) in [6.45, 7) is 2.61. The Kier molecular flexibility index (Phi) is 6.18. The van der Waals surface area contributed by atoms with Crippen LogP contribution in [0.3, 0.4) is 0 Å². The van der Waals surface area contributed by atoms with Crippen molar-refractivity contribution >= 4 is 23.1 Å². The zero-order valence-corrected chi connectivity index (χ0v) is 17.1. The van der Waals surface area contributed by atoms with Gasteiger partial charge in [0.25, 0.3) is 5.56 Å². The number of thioether (sulfide) groups is 1. The summed E-state index contributed by atoms with van der Waals surface area (Å²) in [6, 6.07) is 9.43. The first-order chi connectivity index (χ1) is 13.0. The van der Waals surface area contributed by atoms with Crippen molar-refractivity contribution in [2.45, 2.75) is 18.4 Å². The molecule has 0 aliphatic heterocycles. The maximum Gasteiger partial charge on any atom is 0.330 e. The molecule has 0 saturated heterocycles. The summed E-state index contributed by atoms with van der Waals surface area (Å²) in [7, 11) is 3.17. The number of nitrogens with zero attached hydrogens (tertiary/aromatic N) is 3. The molecule has 3 aromatic rings. The maximum absolute atomic E-state index is 12.0. The molecule has 3 rings (SSSR count). The van der Waals surface area contributed by atoms with Crippen LogP contribution in [0.1, 0.15) is 18.3 Å². The Hall–Kier alpha value is -2.32. The van der Waals surface area contributed by atoms with Gasteiger partial charge in [0, 0.05) is 48.3 Å². The Balaban J connectivity index is 1.63. The summed E-state index contributed by atoms with van der Waals surface area (Å²) in [5, 5.41) is 3.01. The highest BCUT2D eigenvalue weighted by Gasteiger charge is 2.08. The first-order valence-corrected chi connectivity index (χ1v) is 10.5. The Bertz CT molecular complexity index is 1040. The summed E-state index contributed by atoms with van der Waals surface area (Å²) < 4.78 is 8.09. The van der Waals surface area contributed by atoms with Gasteiger partial charge in [-0.1, -0.05) is 0 Å². The number of rotatable bonds is 7. The van der Waals surface area contributed by atoms with Crippen molar-refractivity contribution < 1.29 is 4.74 Å².